The summed E-state index contributed by atoms with van der Waals surface area (Å²) in [6.07, 6.45) is 3.58. The second-order valence-electron chi connectivity index (χ2n) is 5.57. The quantitative estimate of drug-likeness (QED) is 0.585. The monoisotopic (exact) mass is 351 g/mol. The highest BCUT2D eigenvalue weighted by Crippen LogP contribution is 2.21. The minimum atomic E-state index is -0.301. The van der Waals surface area contributed by atoms with Crippen LogP contribution in [0.15, 0.2) is 41.3 Å². The number of hydrogen-bond donors (Lipinski definition) is 1. The van der Waals surface area contributed by atoms with Gasteiger partial charge in [-0.05, 0) is 31.2 Å². The van der Waals surface area contributed by atoms with Crippen molar-refractivity contribution >= 4 is 17.0 Å². The van der Waals surface area contributed by atoms with Crippen LogP contribution in [0.2, 0.25) is 0 Å². The molecule has 0 aliphatic rings. The average molecular weight is 351 g/mol. The number of nitrogens with one attached hydrogen (secondary N) is 1. The highest BCUT2D eigenvalue weighted by atomic mass is 19.1. The van der Waals surface area contributed by atoms with E-state index in [-0.39, 0.29) is 5.82 Å². The summed E-state index contributed by atoms with van der Waals surface area (Å²) in [6, 6.07) is 6.07. The van der Waals surface area contributed by atoms with Gasteiger partial charge in [0, 0.05) is 18.5 Å². The van der Waals surface area contributed by atoms with Gasteiger partial charge in [0.1, 0.15) is 12.1 Å². The van der Waals surface area contributed by atoms with Crippen LogP contribution in [0.25, 0.3) is 22.4 Å². The summed E-state index contributed by atoms with van der Waals surface area (Å²) in [5.74, 6) is 1.40. The minimum absolute atomic E-state index is 0.301. The van der Waals surface area contributed by atoms with E-state index in [2.05, 4.69) is 35.4 Å². The number of hydrogen-bond acceptors (Lipinski definition) is 8. The molecule has 0 fully saturated rings. The smallest absolute Gasteiger partial charge is 0.228 e. The Morgan fingerprint density at radius 1 is 1.08 bits per heavy atom. The minimum Gasteiger partial charge on any atom is -0.368 e. The lowest BCUT2D eigenvalue weighted by molar-refractivity contribution is 0.377. The molecule has 1 N–H and O–H groups in total. The standard InChI is InChI=1S/C17H14FN7O/c1-10-23-14(26-25-10)6-7-19-16-15-17(22-9-21-16)20-8-13(24-15)11-2-4-12(18)5-3-11/h2-5,8-9H,6-7H2,1H3,(H,19,20,21,22). The van der Waals surface area contributed by atoms with Crippen LogP contribution in [0.5, 0.6) is 0 Å². The SMILES string of the molecule is Cc1noc(CCNc2ncnc3ncc(-c4ccc(F)cc4)nc23)n1. The molecule has 130 valence electrons. The fourth-order valence-corrected chi connectivity index (χ4v) is 2.46. The van der Waals surface area contributed by atoms with E-state index in [0.717, 1.165) is 5.56 Å². The normalized spacial score (nSPS) is 11.0. The van der Waals surface area contributed by atoms with Gasteiger partial charge < -0.3 is 9.84 Å². The van der Waals surface area contributed by atoms with E-state index in [1.165, 1.54) is 18.5 Å². The molecule has 3 aromatic heterocycles. The van der Waals surface area contributed by atoms with Gasteiger partial charge in [-0.15, -0.1) is 0 Å². The number of benzene rings is 1. The fraction of sp³-hybridized carbons (Fsp3) is 0.176. The summed E-state index contributed by atoms with van der Waals surface area (Å²) in [7, 11) is 0. The van der Waals surface area contributed by atoms with Crippen molar-refractivity contribution in [1.29, 1.82) is 0 Å². The molecule has 0 saturated heterocycles. The van der Waals surface area contributed by atoms with Crippen molar-refractivity contribution in [3.8, 4) is 11.3 Å². The molecular weight excluding hydrogens is 337 g/mol. The molecule has 0 aliphatic heterocycles. The fourth-order valence-electron chi connectivity index (χ4n) is 2.46. The van der Waals surface area contributed by atoms with Crippen LogP contribution in [0.1, 0.15) is 11.7 Å². The van der Waals surface area contributed by atoms with Crippen LogP contribution in [-0.4, -0.2) is 36.6 Å². The van der Waals surface area contributed by atoms with Gasteiger partial charge in [0.05, 0.1) is 11.9 Å². The van der Waals surface area contributed by atoms with Crippen molar-refractivity contribution < 1.29 is 8.91 Å². The number of nitrogens with zero attached hydrogens (tertiary/aromatic N) is 6. The van der Waals surface area contributed by atoms with E-state index in [1.54, 1.807) is 25.3 Å². The zero-order chi connectivity index (χ0) is 17.9. The molecule has 0 atom stereocenters. The zero-order valence-electron chi connectivity index (χ0n) is 13.8. The maximum Gasteiger partial charge on any atom is 0.228 e. The maximum atomic E-state index is 13.1. The van der Waals surface area contributed by atoms with E-state index in [9.17, 15) is 4.39 Å². The Bertz CT molecular complexity index is 1050. The molecule has 4 rings (SSSR count). The lowest BCUT2D eigenvalue weighted by Crippen LogP contribution is -2.08. The molecule has 0 amide bonds. The summed E-state index contributed by atoms with van der Waals surface area (Å²) in [4.78, 5) is 21.4. The molecule has 3 heterocycles. The molecule has 0 spiro atoms. The van der Waals surface area contributed by atoms with Crippen molar-refractivity contribution in [3.63, 3.8) is 0 Å². The maximum absolute atomic E-state index is 13.1. The molecule has 0 radical (unpaired) electrons. The first-order chi connectivity index (χ1) is 12.7. The Morgan fingerprint density at radius 2 is 1.92 bits per heavy atom. The second-order valence-corrected chi connectivity index (χ2v) is 5.57. The predicted molar refractivity (Wildman–Crippen MR) is 91.8 cm³/mol. The van der Waals surface area contributed by atoms with E-state index < -0.39 is 0 Å². The van der Waals surface area contributed by atoms with Gasteiger partial charge in [-0.3, -0.25) is 0 Å². The summed E-state index contributed by atoms with van der Waals surface area (Å²) in [5, 5.41) is 6.95. The van der Waals surface area contributed by atoms with Crippen LogP contribution in [0, 0.1) is 12.7 Å². The molecule has 0 bridgehead atoms. The van der Waals surface area contributed by atoms with Crippen molar-refractivity contribution in [2.45, 2.75) is 13.3 Å². The first-order valence-corrected chi connectivity index (χ1v) is 7.96. The molecule has 1 aromatic carbocycles. The number of fused-ring (bicyclic) bond motifs is 1. The number of rotatable bonds is 5. The largest absolute Gasteiger partial charge is 0.368 e. The third-order valence-electron chi connectivity index (χ3n) is 3.69. The van der Waals surface area contributed by atoms with E-state index >= 15 is 0 Å². The Morgan fingerprint density at radius 3 is 2.69 bits per heavy atom. The highest BCUT2D eigenvalue weighted by molar-refractivity contribution is 5.83. The third-order valence-corrected chi connectivity index (χ3v) is 3.69. The topological polar surface area (TPSA) is 103 Å². The molecular formula is C17H14FN7O. The highest BCUT2D eigenvalue weighted by Gasteiger charge is 2.10. The molecule has 26 heavy (non-hydrogen) atoms. The van der Waals surface area contributed by atoms with Crippen molar-refractivity contribution in [3.05, 3.63) is 54.3 Å². The molecule has 8 nitrogen and oxygen atoms in total. The Balaban J connectivity index is 1.59. The lowest BCUT2D eigenvalue weighted by atomic mass is 10.1. The van der Waals surface area contributed by atoms with Crippen LogP contribution in [0.4, 0.5) is 10.2 Å². The van der Waals surface area contributed by atoms with Gasteiger partial charge in [0.15, 0.2) is 22.8 Å². The van der Waals surface area contributed by atoms with E-state index in [4.69, 9.17) is 4.52 Å². The zero-order valence-corrected chi connectivity index (χ0v) is 13.8. The van der Waals surface area contributed by atoms with Crippen LogP contribution in [-0.2, 0) is 6.42 Å². The second kappa shape index (κ2) is 6.79. The lowest BCUT2D eigenvalue weighted by Gasteiger charge is -2.07. The van der Waals surface area contributed by atoms with E-state index in [0.29, 0.717) is 47.4 Å². The Kier molecular flexibility index (Phi) is 4.18. The number of halogens is 1. The van der Waals surface area contributed by atoms with Gasteiger partial charge in [-0.25, -0.2) is 24.3 Å². The van der Waals surface area contributed by atoms with Gasteiger partial charge in [-0.1, -0.05) is 5.16 Å². The molecule has 0 unspecified atom stereocenters. The van der Waals surface area contributed by atoms with Crippen molar-refractivity contribution in [2.75, 3.05) is 11.9 Å². The molecule has 0 aliphatic carbocycles. The summed E-state index contributed by atoms with van der Waals surface area (Å²) in [5.41, 5.74) is 2.39. The molecule has 0 saturated carbocycles. The number of aromatic nitrogens is 6. The van der Waals surface area contributed by atoms with Crippen LogP contribution < -0.4 is 5.32 Å². The summed E-state index contributed by atoms with van der Waals surface area (Å²) in [6.45, 7) is 2.31. The Hall–Kier alpha value is -3.49. The summed E-state index contributed by atoms with van der Waals surface area (Å²) < 4.78 is 18.2. The van der Waals surface area contributed by atoms with Crippen molar-refractivity contribution in [2.24, 2.45) is 0 Å². The van der Waals surface area contributed by atoms with Crippen LogP contribution in [0.3, 0.4) is 0 Å². The van der Waals surface area contributed by atoms with Crippen LogP contribution >= 0.6 is 0 Å². The number of anilines is 1. The third kappa shape index (κ3) is 3.32. The number of aryl methyl sites for hydroxylation is 1. The first-order valence-electron chi connectivity index (χ1n) is 7.96. The average Bonchev–Trinajstić information content (AvgIpc) is 3.07. The summed E-state index contributed by atoms with van der Waals surface area (Å²) >= 11 is 0. The first kappa shape index (κ1) is 16.0. The van der Waals surface area contributed by atoms with Gasteiger partial charge >= 0.3 is 0 Å². The van der Waals surface area contributed by atoms with Gasteiger partial charge in [0.2, 0.25) is 5.89 Å². The molecule has 9 heteroatoms. The van der Waals surface area contributed by atoms with E-state index in [1.807, 2.05) is 0 Å². The van der Waals surface area contributed by atoms with Gasteiger partial charge in [-0.2, -0.15) is 4.98 Å². The predicted octanol–water partition coefficient (Wildman–Crippen LogP) is 2.57. The molecule has 4 aromatic rings. The van der Waals surface area contributed by atoms with Crippen molar-refractivity contribution in [1.82, 2.24) is 30.1 Å². The Labute approximate surface area is 147 Å². The van der Waals surface area contributed by atoms with Gasteiger partial charge in [0.25, 0.3) is 0 Å².